The number of nitriles is 2. The molecule has 0 saturated heterocycles. The Balaban J connectivity index is 0. The quantitative estimate of drug-likeness (QED) is 0.517. The van der Waals surface area contributed by atoms with E-state index in [4.69, 9.17) is 10.5 Å². The summed E-state index contributed by atoms with van der Waals surface area (Å²) in [5, 5.41) is 16.0. The van der Waals surface area contributed by atoms with Gasteiger partial charge in [0.05, 0.1) is 25.4 Å². The second-order valence-corrected chi connectivity index (χ2v) is 3.46. The number of esters is 2. The highest BCUT2D eigenvalue weighted by atomic mass is 16.5. The number of hydrogen-bond donors (Lipinski definition) is 0. The topological polar surface area (TPSA) is 100 Å². The molecule has 0 amide bonds. The van der Waals surface area contributed by atoms with Crippen LogP contribution in [-0.2, 0) is 19.1 Å². The van der Waals surface area contributed by atoms with Crippen LogP contribution in [0.15, 0.2) is 0 Å². The fourth-order valence-electron chi connectivity index (χ4n) is 0.777. The molecule has 0 unspecified atom stereocenters. The Bertz CT molecular complexity index is 329. The normalized spacial score (nSPS) is 8.21. The zero-order valence-corrected chi connectivity index (χ0v) is 11.5. The minimum atomic E-state index is -0.431. The molecule has 0 aliphatic rings. The van der Waals surface area contributed by atoms with Gasteiger partial charge in [0.1, 0.15) is 12.8 Å². The standard InChI is InChI=1S/C7H11NO2.C6H9NO2/c1-2-3-6-10-7(9)4-5-8;1-2-5-9-6(8)3-4-7/h2-4,6H2,1H3;2-3,5H2,1H3. The molecule has 6 nitrogen and oxygen atoms in total. The zero-order valence-electron chi connectivity index (χ0n) is 11.5. The van der Waals surface area contributed by atoms with E-state index >= 15 is 0 Å². The molecule has 0 rings (SSSR count). The lowest BCUT2D eigenvalue weighted by molar-refractivity contribution is -0.143. The van der Waals surface area contributed by atoms with E-state index in [1.165, 1.54) is 0 Å². The van der Waals surface area contributed by atoms with E-state index in [1.54, 1.807) is 12.1 Å². The van der Waals surface area contributed by atoms with Gasteiger partial charge in [0.2, 0.25) is 0 Å². The lowest BCUT2D eigenvalue weighted by Crippen LogP contribution is -2.03. The highest BCUT2D eigenvalue weighted by Crippen LogP contribution is 1.90. The highest BCUT2D eigenvalue weighted by molar-refractivity contribution is 5.72. The average Bonchev–Trinajstić information content (AvgIpc) is 2.38. The van der Waals surface area contributed by atoms with Gasteiger partial charge in [-0.25, -0.2) is 0 Å². The molecule has 0 aliphatic carbocycles. The van der Waals surface area contributed by atoms with Gasteiger partial charge in [0.25, 0.3) is 0 Å². The van der Waals surface area contributed by atoms with Gasteiger partial charge in [-0.3, -0.25) is 9.59 Å². The van der Waals surface area contributed by atoms with Crippen molar-refractivity contribution in [2.75, 3.05) is 13.2 Å². The van der Waals surface area contributed by atoms with Crippen molar-refractivity contribution in [3.63, 3.8) is 0 Å². The van der Waals surface area contributed by atoms with Crippen molar-refractivity contribution in [3.8, 4) is 12.1 Å². The highest BCUT2D eigenvalue weighted by Gasteiger charge is 1.98. The van der Waals surface area contributed by atoms with E-state index in [0.717, 1.165) is 19.3 Å². The summed E-state index contributed by atoms with van der Waals surface area (Å²) in [7, 11) is 0. The van der Waals surface area contributed by atoms with Crippen molar-refractivity contribution in [2.45, 2.75) is 46.0 Å². The van der Waals surface area contributed by atoms with Crippen LogP contribution >= 0.6 is 0 Å². The first-order valence-corrected chi connectivity index (χ1v) is 6.17. The van der Waals surface area contributed by atoms with Gasteiger partial charge in [-0.2, -0.15) is 10.5 Å². The van der Waals surface area contributed by atoms with Crippen molar-refractivity contribution in [1.29, 1.82) is 10.5 Å². The molecule has 0 aromatic rings. The third kappa shape index (κ3) is 18.5. The summed E-state index contributed by atoms with van der Waals surface area (Å²) in [6.07, 6.45) is 2.40. The van der Waals surface area contributed by atoms with Crippen molar-refractivity contribution in [1.82, 2.24) is 0 Å². The number of nitrogens with zero attached hydrogens (tertiary/aromatic N) is 2. The minimum absolute atomic E-state index is 0.135. The van der Waals surface area contributed by atoms with Crippen LogP contribution in [0.3, 0.4) is 0 Å². The first-order valence-electron chi connectivity index (χ1n) is 6.17. The van der Waals surface area contributed by atoms with Gasteiger partial charge in [0.15, 0.2) is 0 Å². The summed E-state index contributed by atoms with van der Waals surface area (Å²) in [5.41, 5.74) is 0. The SMILES string of the molecule is CCCCOC(=O)CC#N.CCCOC(=O)CC#N. The summed E-state index contributed by atoms with van der Waals surface area (Å²) in [6, 6.07) is 3.42. The van der Waals surface area contributed by atoms with Crippen LogP contribution in [0.25, 0.3) is 0 Å². The third-order valence-electron chi connectivity index (χ3n) is 1.67. The summed E-state index contributed by atoms with van der Waals surface area (Å²) in [4.78, 5) is 20.8. The van der Waals surface area contributed by atoms with Gasteiger partial charge in [-0.05, 0) is 12.8 Å². The smallest absolute Gasteiger partial charge is 0.320 e. The van der Waals surface area contributed by atoms with Crippen LogP contribution in [0, 0.1) is 22.7 Å². The molecule has 0 bridgehead atoms. The summed E-state index contributed by atoms with van der Waals surface area (Å²) < 4.78 is 9.23. The van der Waals surface area contributed by atoms with Crippen molar-refractivity contribution in [2.24, 2.45) is 0 Å². The maximum absolute atomic E-state index is 10.5. The van der Waals surface area contributed by atoms with Gasteiger partial charge < -0.3 is 9.47 Å². The fourth-order valence-corrected chi connectivity index (χ4v) is 0.777. The average molecular weight is 268 g/mol. The van der Waals surface area contributed by atoms with Crippen molar-refractivity contribution >= 4 is 11.9 Å². The van der Waals surface area contributed by atoms with E-state index < -0.39 is 11.9 Å². The molecule has 106 valence electrons. The Hall–Kier alpha value is -2.08. The third-order valence-corrected chi connectivity index (χ3v) is 1.67. The number of carbonyl (C=O) groups is 2. The molecule has 0 saturated carbocycles. The van der Waals surface area contributed by atoms with E-state index in [-0.39, 0.29) is 12.8 Å². The molecular formula is C13H20N2O4. The largest absolute Gasteiger partial charge is 0.465 e. The predicted molar refractivity (Wildman–Crippen MR) is 67.6 cm³/mol. The molecule has 0 aromatic heterocycles. The number of rotatable bonds is 7. The van der Waals surface area contributed by atoms with Crippen molar-refractivity contribution < 1.29 is 19.1 Å². The molecular weight excluding hydrogens is 248 g/mol. The Morgan fingerprint density at radius 2 is 1.37 bits per heavy atom. The van der Waals surface area contributed by atoms with Crippen LogP contribution in [0.4, 0.5) is 0 Å². The molecule has 0 atom stereocenters. The van der Waals surface area contributed by atoms with Crippen LogP contribution in [0.2, 0.25) is 0 Å². The molecule has 0 radical (unpaired) electrons. The maximum atomic E-state index is 10.5. The van der Waals surface area contributed by atoms with Gasteiger partial charge in [-0.1, -0.05) is 20.3 Å². The van der Waals surface area contributed by atoms with Gasteiger partial charge >= 0.3 is 11.9 Å². The molecule has 0 aromatic carbocycles. The zero-order chi connectivity index (χ0) is 14.9. The second-order valence-electron chi connectivity index (χ2n) is 3.46. The van der Waals surface area contributed by atoms with E-state index in [2.05, 4.69) is 9.47 Å². The van der Waals surface area contributed by atoms with Crippen LogP contribution in [-0.4, -0.2) is 25.2 Å². The molecule has 0 N–H and O–H groups in total. The molecule has 0 fully saturated rings. The van der Waals surface area contributed by atoms with E-state index in [1.807, 2.05) is 13.8 Å². The maximum Gasteiger partial charge on any atom is 0.320 e. The van der Waals surface area contributed by atoms with Crippen LogP contribution in [0.1, 0.15) is 46.0 Å². The molecule has 0 aliphatic heterocycles. The van der Waals surface area contributed by atoms with Gasteiger partial charge in [0, 0.05) is 0 Å². The monoisotopic (exact) mass is 268 g/mol. The first kappa shape index (κ1) is 19.3. The lowest BCUT2D eigenvalue weighted by atomic mass is 10.4. The number of ether oxygens (including phenoxy) is 2. The van der Waals surface area contributed by atoms with Crippen molar-refractivity contribution in [3.05, 3.63) is 0 Å². The number of carbonyl (C=O) groups excluding carboxylic acids is 2. The predicted octanol–water partition coefficient (Wildman–Crippen LogP) is 2.10. The summed E-state index contributed by atoms with van der Waals surface area (Å²) in [6.45, 7) is 4.77. The first-order chi connectivity index (χ1) is 9.12. The van der Waals surface area contributed by atoms with Crippen LogP contribution in [0.5, 0.6) is 0 Å². The number of hydrogen-bond acceptors (Lipinski definition) is 6. The molecule has 19 heavy (non-hydrogen) atoms. The molecule has 6 heteroatoms. The Kier molecular flexibility index (Phi) is 16.1. The minimum Gasteiger partial charge on any atom is -0.465 e. The number of unbranched alkanes of at least 4 members (excludes halogenated alkanes) is 1. The van der Waals surface area contributed by atoms with Crippen LogP contribution < -0.4 is 0 Å². The Morgan fingerprint density at radius 3 is 1.74 bits per heavy atom. The summed E-state index contributed by atoms with van der Waals surface area (Å²) >= 11 is 0. The summed E-state index contributed by atoms with van der Waals surface area (Å²) in [5.74, 6) is -0.852. The van der Waals surface area contributed by atoms with E-state index in [0.29, 0.717) is 13.2 Å². The fraction of sp³-hybridized carbons (Fsp3) is 0.692. The molecule has 0 heterocycles. The second kappa shape index (κ2) is 15.9. The Morgan fingerprint density at radius 1 is 0.895 bits per heavy atom. The van der Waals surface area contributed by atoms with E-state index in [9.17, 15) is 9.59 Å². The Labute approximate surface area is 113 Å². The molecule has 0 spiro atoms. The lowest BCUT2D eigenvalue weighted by Gasteiger charge is -1.98. The van der Waals surface area contributed by atoms with Gasteiger partial charge in [-0.15, -0.1) is 0 Å².